The predicted octanol–water partition coefficient (Wildman–Crippen LogP) is 0.229. The van der Waals surface area contributed by atoms with E-state index in [1.165, 1.54) is 0 Å². The lowest BCUT2D eigenvalue weighted by molar-refractivity contribution is -0.125. The van der Waals surface area contributed by atoms with Crippen LogP contribution in [0.5, 0.6) is 0 Å². The van der Waals surface area contributed by atoms with Gasteiger partial charge in [-0.3, -0.25) is 10.2 Å². The summed E-state index contributed by atoms with van der Waals surface area (Å²) in [5, 5.41) is 10.2. The fourth-order valence-electron chi connectivity index (χ4n) is 6.41. The minimum atomic E-state index is -3.30. The fourth-order valence-corrected chi connectivity index (χ4v) is 8.42. The molecule has 4 N–H and O–H groups in total. The van der Waals surface area contributed by atoms with E-state index in [4.69, 9.17) is 0 Å². The number of piperidine rings is 2. The summed E-state index contributed by atoms with van der Waals surface area (Å²) in [7, 11) is -0.0131. The number of carbonyl (C=O) groups is 2. The number of rotatable bonds is 5. The molecule has 10 nitrogen and oxygen atoms in total. The van der Waals surface area contributed by atoms with Gasteiger partial charge in [0.25, 0.3) is 0 Å². The van der Waals surface area contributed by atoms with Gasteiger partial charge < -0.3 is 16.0 Å². The van der Waals surface area contributed by atoms with Crippen LogP contribution in [0.3, 0.4) is 0 Å². The van der Waals surface area contributed by atoms with Crippen LogP contribution >= 0.6 is 0 Å². The van der Waals surface area contributed by atoms with Crippen LogP contribution in [0, 0.1) is 17.8 Å². The maximum absolute atomic E-state index is 13.3. The van der Waals surface area contributed by atoms with E-state index in [1.54, 1.807) is 18.4 Å². The Kier molecular flexibility index (Phi) is 7.82. The number of sulfonamides is 1. The highest BCUT2D eigenvalue weighted by molar-refractivity contribution is 7.89. The van der Waals surface area contributed by atoms with E-state index in [0.717, 1.165) is 32.2 Å². The molecule has 1 aliphatic carbocycles. The van der Waals surface area contributed by atoms with Crippen molar-refractivity contribution in [2.45, 2.75) is 68.7 Å². The summed E-state index contributed by atoms with van der Waals surface area (Å²) >= 11 is 0. The molecule has 3 saturated heterocycles. The molecule has 0 aromatic heterocycles. The Morgan fingerprint density at radius 2 is 1.55 bits per heavy atom. The first-order valence-corrected chi connectivity index (χ1v) is 14.0. The van der Waals surface area contributed by atoms with E-state index >= 15 is 0 Å². The van der Waals surface area contributed by atoms with Crippen molar-refractivity contribution >= 4 is 22.0 Å². The summed E-state index contributed by atoms with van der Waals surface area (Å²) in [4.78, 5) is 23.8. The molecule has 3 atom stereocenters. The minimum Gasteiger partial charge on any atom is -0.359 e. The predicted molar refractivity (Wildman–Crippen MR) is 126 cm³/mol. The molecule has 3 heterocycles. The smallest absolute Gasteiger partial charge is 0.314 e. The monoisotopic (exact) mass is 484 g/mol. The van der Waals surface area contributed by atoms with Crippen LogP contribution in [0.2, 0.25) is 0 Å². The molecule has 0 spiro atoms. The SMILES string of the molecule is CNC(=O)NC1CCC(S(=O)(=O)N2CCC(C3CCN4NCC(C(=O)NC)C4C3)CC2)CC1. The number of carbonyl (C=O) groups excluding carboxylic acids is 2. The van der Waals surface area contributed by atoms with E-state index in [9.17, 15) is 18.0 Å². The van der Waals surface area contributed by atoms with Gasteiger partial charge in [-0.1, -0.05) is 0 Å². The minimum absolute atomic E-state index is 0.00807. The number of amides is 3. The van der Waals surface area contributed by atoms with Gasteiger partial charge in [-0.25, -0.2) is 22.5 Å². The molecule has 188 valence electrons. The van der Waals surface area contributed by atoms with Gasteiger partial charge in [0, 0.05) is 52.4 Å². The van der Waals surface area contributed by atoms with Crippen LogP contribution in [-0.2, 0) is 14.8 Å². The Morgan fingerprint density at radius 1 is 0.879 bits per heavy atom. The second-order valence-corrected chi connectivity index (χ2v) is 12.3. The zero-order valence-electron chi connectivity index (χ0n) is 19.9. The van der Waals surface area contributed by atoms with Gasteiger partial charge in [0.05, 0.1) is 11.2 Å². The number of hydrazine groups is 1. The molecule has 4 rings (SSSR count). The average molecular weight is 485 g/mol. The van der Waals surface area contributed by atoms with Crippen molar-refractivity contribution in [1.82, 2.24) is 30.7 Å². The van der Waals surface area contributed by atoms with Crippen molar-refractivity contribution in [2.75, 3.05) is 40.3 Å². The van der Waals surface area contributed by atoms with Gasteiger partial charge in [-0.15, -0.1) is 0 Å². The number of hydrogen-bond acceptors (Lipinski definition) is 6. The second-order valence-electron chi connectivity index (χ2n) is 10.1. The van der Waals surface area contributed by atoms with Crippen LogP contribution in [0.1, 0.15) is 51.4 Å². The van der Waals surface area contributed by atoms with Crippen molar-refractivity contribution in [1.29, 1.82) is 0 Å². The lowest BCUT2D eigenvalue weighted by atomic mass is 9.75. The van der Waals surface area contributed by atoms with Crippen LogP contribution in [-0.4, -0.2) is 87.3 Å². The molecule has 0 radical (unpaired) electrons. The quantitative estimate of drug-likeness (QED) is 0.443. The largest absolute Gasteiger partial charge is 0.359 e. The van der Waals surface area contributed by atoms with Crippen molar-refractivity contribution in [2.24, 2.45) is 17.8 Å². The Bertz CT molecular complexity index is 808. The molecule has 3 aliphatic heterocycles. The van der Waals surface area contributed by atoms with E-state index in [1.807, 2.05) is 0 Å². The normalized spacial score (nSPS) is 34.4. The van der Waals surface area contributed by atoms with Gasteiger partial charge >= 0.3 is 6.03 Å². The van der Waals surface area contributed by atoms with Crippen molar-refractivity contribution in [3.63, 3.8) is 0 Å². The Morgan fingerprint density at radius 3 is 2.18 bits per heavy atom. The van der Waals surface area contributed by atoms with Gasteiger partial charge in [0.15, 0.2) is 0 Å². The lowest BCUT2D eigenvalue weighted by Crippen LogP contribution is -2.50. The molecule has 1 saturated carbocycles. The number of nitrogens with zero attached hydrogens (tertiary/aromatic N) is 2. The Hall–Kier alpha value is -1.43. The first-order chi connectivity index (χ1) is 15.8. The van der Waals surface area contributed by atoms with E-state index < -0.39 is 10.0 Å². The maximum Gasteiger partial charge on any atom is 0.314 e. The number of hydrogen-bond donors (Lipinski definition) is 4. The summed E-state index contributed by atoms with van der Waals surface area (Å²) in [6.45, 7) is 2.86. The number of urea groups is 1. The zero-order valence-corrected chi connectivity index (χ0v) is 20.7. The highest BCUT2D eigenvalue weighted by atomic mass is 32.2. The van der Waals surface area contributed by atoms with E-state index in [-0.39, 0.29) is 35.2 Å². The molecule has 4 fully saturated rings. The summed E-state index contributed by atoms with van der Waals surface area (Å²) in [5.74, 6) is 1.18. The molecule has 4 aliphatic rings. The second kappa shape index (κ2) is 10.5. The molecule has 3 unspecified atom stereocenters. The summed E-state index contributed by atoms with van der Waals surface area (Å²) in [6.07, 6.45) is 6.53. The van der Waals surface area contributed by atoms with Gasteiger partial charge in [-0.2, -0.15) is 0 Å². The molecular weight excluding hydrogens is 444 g/mol. The summed E-state index contributed by atoms with van der Waals surface area (Å²) in [5.41, 5.74) is 3.39. The van der Waals surface area contributed by atoms with Crippen molar-refractivity contribution < 1.29 is 18.0 Å². The number of nitrogens with one attached hydrogen (secondary N) is 4. The molecular formula is C22H40N6O4S. The highest BCUT2D eigenvalue weighted by Crippen LogP contribution is 2.39. The lowest BCUT2D eigenvalue weighted by Gasteiger charge is -2.42. The van der Waals surface area contributed by atoms with Crippen LogP contribution in [0.4, 0.5) is 4.79 Å². The topological polar surface area (TPSA) is 123 Å². The zero-order chi connectivity index (χ0) is 23.6. The molecule has 0 aromatic rings. The van der Waals surface area contributed by atoms with E-state index in [2.05, 4.69) is 26.4 Å². The van der Waals surface area contributed by atoms with Crippen molar-refractivity contribution in [3.05, 3.63) is 0 Å². The van der Waals surface area contributed by atoms with Crippen molar-refractivity contribution in [3.8, 4) is 0 Å². The van der Waals surface area contributed by atoms with E-state index in [0.29, 0.717) is 57.2 Å². The van der Waals surface area contributed by atoms with Crippen LogP contribution < -0.4 is 21.4 Å². The fraction of sp³-hybridized carbons (Fsp3) is 0.909. The first kappa shape index (κ1) is 24.7. The highest BCUT2D eigenvalue weighted by Gasteiger charge is 2.45. The summed E-state index contributed by atoms with van der Waals surface area (Å²) in [6, 6.07) is 0.0879. The number of fused-ring (bicyclic) bond motifs is 1. The first-order valence-electron chi connectivity index (χ1n) is 12.5. The van der Waals surface area contributed by atoms with Crippen LogP contribution in [0.15, 0.2) is 0 Å². The molecule has 3 amide bonds. The molecule has 33 heavy (non-hydrogen) atoms. The third kappa shape index (κ3) is 5.31. The summed E-state index contributed by atoms with van der Waals surface area (Å²) < 4.78 is 28.3. The van der Waals surface area contributed by atoms with Crippen LogP contribution in [0.25, 0.3) is 0 Å². The molecule has 0 bridgehead atoms. The van der Waals surface area contributed by atoms with Gasteiger partial charge in [0.1, 0.15) is 0 Å². The third-order valence-electron chi connectivity index (χ3n) is 8.43. The maximum atomic E-state index is 13.3. The van der Waals surface area contributed by atoms with Gasteiger partial charge in [0.2, 0.25) is 15.9 Å². The standard InChI is InChI=1S/C22H40N6O4S/c1-23-21(29)19-14-25-28-12-9-16(13-20(19)28)15-7-10-27(11-8-15)33(31,32)18-5-3-17(4-6-18)26-22(30)24-2/h15-20,25H,3-14H2,1-2H3,(H,23,29)(H2,24,26,30). The molecule has 0 aromatic carbocycles. The molecule has 11 heteroatoms. The average Bonchev–Trinajstić information content (AvgIpc) is 3.27. The Labute approximate surface area is 197 Å². The van der Waals surface area contributed by atoms with Gasteiger partial charge in [-0.05, 0) is 63.2 Å². The third-order valence-corrected chi connectivity index (χ3v) is 10.8. The Balaban J connectivity index is 1.27.